The number of pyridine rings is 1. The Morgan fingerprint density at radius 3 is 1.76 bits per heavy atom. The van der Waals surface area contributed by atoms with Crippen molar-refractivity contribution < 1.29 is 4.57 Å². The van der Waals surface area contributed by atoms with Gasteiger partial charge in [0.2, 0.25) is 0 Å². The van der Waals surface area contributed by atoms with Crippen LogP contribution in [0.25, 0.3) is 27.5 Å². The molecule has 9 rings (SSSR count). The van der Waals surface area contributed by atoms with Crippen LogP contribution in [0.4, 0.5) is 0 Å². The summed E-state index contributed by atoms with van der Waals surface area (Å²) in [5, 5.41) is 4.98. The van der Waals surface area contributed by atoms with E-state index in [2.05, 4.69) is 131 Å². The summed E-state index contributed by atoms with van der Waals surface area (Å²) >= 11 is 0. The van der Waals surface area contributed by atoms with Gasteiger partial charge in [-0.1, -0.05) is 121 Å². The fourth-order valence-corrected chi connectivity index (χ4v) is 10.9. The SMILES string of the molecule is O=P1(c2ccccc2)c2ccccc2C(c2ccncc2)(c2ccc3c(c2)c2ccccc2n3-c2ccccc2)c2ccccc21. The lowest BCUT2D eigenvalue weighted by Gasteiger charge is -2.44. The van der Waals surface area contributed by atoms with Gasteiger partial charge in [-0.15, -0.1) is 0 Å². The molecule has 3 nitrogen and oxygen atoms in total. The molecule has 0 fully saturated rings. The first-order chi connectivity index (χ1) is 22.7. The predicted octanol–water partition coefficient (Wildman–Crippen LogP) is 8.51. The van der Waals surface area contributed by atoms with Crippen molar-refractivity contribution in [1.29, 1.82) is 0 Å². The first kappa shape index (κ1) is 26.9. The third kappa shape index (κ3) is 3.61. The van der Waals surface area contributed by atoms with Crippen LogP contribution >= 0.6 is 7.14 Å². The molecule has 0 radical (unpaired) electrons. The molecule has 0 spiro atoms. The van der Waals surface area contributed by atoms with E-state index in [1.807, 2.05) is 54.9 Å². The molecule has 1 aliphatic heterocycles. The van der Waals surface area contributed by atoms with Crippen molar-refractivity contribution >= 4 is 44.9 Å². The van der Waals surface area contributed by atoms with Crippen molar-refractivity contribution in [3.8, 4) is 5.69 Å². The highest BCUT2D eigenvalue weighted by atomic mass is 31.2. The summed E-state index contributed by atoms with van der Waals surface area (Å²) in [5.74, 6) is 0. The quantitative estimate of drug-likeness (QED) is 0.188. The Hall–Kier alpha value is -5.50. The molecule has 0 bridgehead atoms. The number of para-hydroxylation sites is 2. The number of benzene rings is 6. The molecule has 8 aromatic rings. The molecular formula is C42H29N2OP. The molecule has 1 aliphatic rings. The maximum Gasteiger partial charge on any atom is 0.171 e. The molecule has 3 heterocycles. The van der Waals surface area contributed by atoms with Gasteiger partial charge in [0.05, 0.1) is 16.4 Å². The summed E-state index contributed by atoms with van der Waals surface area (Å²) in [4.78, 5) is 4.42. The minimum absolute atomic E-state index is 0.733. The molecule has 46 heavy (non-hydrogen) atoms. The highest BCUT2D eigenvalue weighted by molar-refractivity contribution is 7.85. The van der Waals surface area contributed by atoms with E-state index >= 15 is 4.57 Å². The molecule has 0 saturated heterocycles. The molecule has 4 heteroatoms. The summed E-state index contributed by atoms with van der Waals surface area (Å²) in [6.45, 7) is 0. The van der Waals surface area contributed by atoms with Gasteiger partial charge >= 0.3 is 0 Å². The average molecular weight is 609 g/mol. The van der Waals surface area contributed by atoms with Gasteiger partial charge in [-0.3, -0.25) is 4.98 Å². The van der Waals surface area contributed by atoms with Crippen molar-refractivity contribution in [3.05, 3.63) is 198 Å². The third-order valence-electron chi connectivity index (χ3n) is 9.65. The van der Waals surface area contributed by atoms with E-state index in [1.54, 1.807) is 0 Å². The maximum atomic E-state index is 15.8. The molecule has 2 aromatic heterocycles. The first-order valence-electron chi connectivity index (χ1n) is 15.6. The molecule has 0 amide bonds. The number of hydrogen-bond acceptors (Lipinski definition) is 2. The Balaban J connectivity index is 1.43. The first-order valence-corrected chi connectivity index (χ1v) is 17.3. The summed E-state index contributed by atoms with van der Waals surface area (Å²) in [7, 11) is -3.21. The van der Waals surface area contributed by atoms with Crippen molar-refractivity contribution in [2.75, 3.05) is 0 Å². The van der Waals surface area contributed by atoms with Gasteiger partial charge in [0.1, 0.15) is 0 Å². The summed E-state index contributed by atoms with van der Waals surface area (Å²) in [6.07, 6.45) is 3.74. The van der Waals surface area contributed by atoms with E-state index in [0.717, 1.165) is 54.9 Å². The standard InChI is InChI=1S/C42H29N2OP/c45-46(33-15-5-2-6-16-33)40-21-11-8-18-36(40)42(30-25-27-43-28-26-30,37-19-9-12-22-41(37)46)31-23-24-39-35(29-31)34-17-7-10-20-38(34)44(39)32-13-3-1-4-14-32/h1-29H. The number of nitrogens with zero attached hydrogens (tertiary/aromatic N) is 2. The predicted molar refractivity (Wildman–Crippen MR) is 190 cm³/mol. The van der Waals surface area contributed by atoms with Gasteiger partial charge in [0.25, 0.3) is 0 Å². The molecule has 0 unspecified atom stereocenters. The molecule has 6 aromatic carbocycles. The normalized spacial score (nSPS) is 18.7. The van der Waals surface area contributed by atoms with E-state index in [-0.39, 0.29) is 0 Å². The smallest absolute Gasteiger partial charge is 0.171 e. The number of fused-ring (bicyclic) bond motifs is 5. The van der Waals surface area contributed by atoms with Crippen LogP contribution in [-0.2, 0) is 9.98 Å². The van der Waals surface area contributed by atoms with Crippen molar-refractivity contribution in [3.63, 3.8) is 0 Å². The lowest BCUT2D eigenvalue weighted by molar-refractivity contribution is 0.590. The largest absolute Gasteiger partial charge is 0.309 e. The van der Waals surface area contributed by atoms with Gasteiger partial charge in [-0.05, 0) is 64.7 Å². The average Bonchev–Trinajstić information content (AvgIpc) is 3.47. The molecule has 0 aliphatic carbocycles. The number of rotatable bonds is 4. The third-order valence-corrected chi connectivity index (χ3v) is 12.8. The minimum atomic E-state index is -3.21. The summed E-state index contributed by atoms with van der Waals surface area (Å²) in [5.41, 5.74) is 7.00. The second-order valence-corrected chi connectivity index (χ2v) is 14.6. The Bertz CT molecular complexity index is 2400. The van der Waals surface area contributed by atoms with Gasteiger partial charge in [-0.2, -0.15) is 0 Å². The molecule has 0 atom stereocenters. The summed E-state index contributed by atoms with van der Waals surface area (Å²) in [6, 6.07) is 57.0. The Morgan fingerprint density at radius 2 is 1.07 bits per heavy atom. The van der Waals surface area contributed by atoms with Crippen LogP contribution in [0.1, 0.15) is 22.3 Å². The molecule has 218 valence electrons. The van der Waals surface area contributed by atoms with Crippen molar-refractivity contribution in [1.82, 2.24) is 9.55 Å². The van der Waals surface area contributed by atoms with Gasteiger partial charge in [-0.25, -0.2) is 0 Å². The van der Waals surface area contributed by atoms with E-state index in [1.165, 1.54) is 10.8 Å². The zero-order valence-electron chi connectivity index (χ0n) is 25.0. The van der Waals surface area contributed by atoms with Crippen molar-refractivity contribution in [2.45, 2.75) is 5.41 Å². The molecule has 0 saturated carbocycles. The fourth-order valence-electron chi connectivity index (χ4n) is 7.77. The van der Waals surface area contributed by atoms with Gasteiger partial charge < -0.3 is 9.13 Å². The summed E-state index contributed by atoms with van der Waals surface area (Å²) < 4.78 is 18.1. The van der Waals surface area contributed by atoms with E-state index in [4.69, 9.17) is 0 Å². The second-order valence-electron chi connectivity index (χ2n) is 11.9. The molecule has 0 N–H and O–H groups in total. The van der Waals surface area contributed by atoms with Crippen LogP contribution in [0.15, 0.2) is 176 Å². The van der Waals surface area contributed by atoms with Crippen LogP contribution in [0.2, 0.25) is 0 Å². The molecular weight excluding hydrogens is 579 g/mol. The van der Waals surface area contributed by atoms with E-state index < -0.39 is 12.6 Å². The zero-order valence-corrected chi connectivity index (χ0v) is 25.9. The Labute approximate surface area is 267 Å². The highest BCUT2D eigenvalue weighted by Gasteiger charge is 2.51. The van der Waals surface area contributed by atoms with Crippen LogP contribution < -0.4 is 15.9 Å². The topological polar surface area (TPSA) is 34.9 Å². The zero-order chi connectivity index (χ0) is 30.7. The van der Waals surface area contributed by atoms with Crippen LogP contribution in [0.3, 0.4) is 0 Å². The number of hydrogen-bond donors (Lipinski definition) is 0. The maximum absolute atomic E-state index is 15.8. The Kier molecular flexibility index (Phi) is 6.00. The van der Waals surface area contributed by atoms with Crippen LogP contribution in [-0.4, -0.2) is 9.55 Å². The highest BCUT2D eigenvalue weighted by Crippen LogP contribution is 2.57. The second kappa shape index (κ2) is 10.3. The Morgan fingerprint density at radius 1 is 0.500 bits per heavy atom. The minimum Gasteiger partial charge on any atom is -0.309 e. The van der Waals surface area contributed by atoms with Gasteiger partial charge in [0.15, 0.2) is 7.14 Å². The lowest BCUT2D eigenvalue weighted by atomic mass is 9.65. The van der Waals surface area contributed by atoms with Crippen molar-refractivity contribution in [2.24, 2.45) is 0 Å². The van der Waals surface area contributed by atoms with Crippen LogP contribution in [0, 0.1) is 0 Å². The monoisotopic (exact) mass is 608 g/mol. The van der Waals surface area contributed by atoms with Crippen LogP contribution in [0.5, 0.6) is 0 Å². The fraction of sp³-hybridized carbons (Fsp3) is 0.0238. The lowest BCUT2D eigenvalue weighted by Crippen LogP contribution is -2.46. The number of aromatic nitrogens is 2. The van der Waals surface area contributed by atoms with E-state index in [9.17, 15) is 0 Å². The van der Waals surface area contributed by atoms with Gasteiger partial charge in [0, 0.05) is 44.8 Å². The van der Waals surface area contributed by atoms with E-state index in [0.29, 0.717) is 0 Å².